The molecule has 0 spiro atoms. The summed E-state index contributed by atoms with van der Waals surface area (Å²) in [5, 5.41) is 1.03. The van der Waals surface area contributed by atoms with E-state index in [-0.39, 0.29) is 5.56 Å². The Kier molecular flexibility index (Phi) is 1.98. The molecule has 4 heteroatoms. The lowest BCUT2D eigenvalue weighted by Crippen LogP contribution is -2.08. The number of rotatable bonds is 1. The number of aromatic nitrogens is 1. The van der Waals surface area contributed by atoms with Gasteiger partial charge in [0.15, 0.2) is 0 Å². The van der Waals surface area contributed by atoms with Crippen molar-refractivity contribution in [2.45, 2.75) is 6.92 Å². The van der Waals surface area contributed by atoms with Crippen LogP contribution in [-0.4, -0.2) is 4.98 Å². The van der Waals surface area contributed by atoms with Gasteiger partial charge in [0.2, 0.25) is 5.56 Å². The van der Waals surface area contributed by atoms with Gasteiger partial charge in [-0.2, -0.15) is 0 Å². The van der Waals surface area contributed by atoms with Gasteiger partial charge in [0.25, 0.3) is 0 Å². The summed E-state index contributed by atoms with van der Waals surface area (Å²) in [5.41, 5.74) is 4.98. The molecule has 0 aliphatic carbocycles. The molecule has 0 aliphatic rings. The smallest absolute Gasteiger partial charge is 0.248 e. The first-order chi connectivity index (χ1) is 6.70. The summed E-state index contributed by atoms with van der Waals surface area (Å²) in [4.78, 5) is 14.0. The molecule has 0 bridgehead atoms. The Morgan fingerprint density at radius 1 is 1.36 bits per heavy atom. The Morgan fingerprint density at radius 3 is 2.86 bits per heavy atom. The van der Waals surface area contributed by atoms with E-state index in [0.717, 1.165) is 22.2 Å². The van der Waals surface area contributed by atoms with Crippen molar-refractivity contribution >= 4 is 16.6 Å². The molecule has 0 unspecified atom stereocenters. The molecule has 2 rings (SSSR count). The molecule has 1 aromatic heterocycles. The average molecular weight is 189 g/mol. The maximum absolute atomic E-state index is 11.2. The first-order valence-electron chi connectivity index (χ1n) is 4.31. The van der Waals surface area contributed by atoms with E-state index in [9.17, 15) is 4.79 Å². The summed E-state index contributed by atoms with van der Waals surface area (Å²) in [6.07, 6.45) is 0. The van der Waals surface area contributed by atoms with Gasteiger partial charge in [-0.3, -0.25) is 10.6 Å². The third-order valence-electron chi connectivity index (χ3n) is 2.22. The fourth-order valence-electron chi connectivity index (χ4n) is 1.52. The standard InChI is InChI=1S/C10H11N3O/c1-6-4-10(14)12-9-5-7(13-11)2-3-8(6)9/h2-5,13H,11H2,1H3,(H,12,14). The zero-order valence-corrected chi connectivity index (χ0v) is 7.79. The van der Waals surface area contributed by atoms with E-state index < -0.39 is 0 Å². The third-order valence-corrected chi connectivity index (χ3v) is 2.22. The number of anilines is 1. The fraction of sp³-hybridized carbons (Fsp3) is 0.100. The van der Waals surface area contributed by atoms with Crippen LogP contribution in [0.4, 0.5) is 5.69 Å². The van der Waals surface area contributed by atoms with Crippen LogP contribution in [0, 0.1) is 6.92 Å². The highest BCUT2D eigenvalue weighted by atomic mass is 16.1. The number of hydrogen-bond acceptors (Lipinski definition) is 3. The van der Waals surface area contributed by atoms with Crippen molar-refractivity contribution in [3.63, 3.8) is 0 Å². The molecule has 0 radical (unpaired) electrons. The number of hydrogen-bond donors (Lipinski definition) is 3. The van der Waals surface area contributed by atoms with Crippen LogP contribution in [0.3, 0.4) is 0 Å². The number of aryl methyl sites for hydroxylation is 1. The van der Waals surface area contributed by atoms with Crippen LogP contribution in [0.15, 0.2) is 29.1 Å². The number of nitrogens with two attached hydrogens (primary N) is 1. The van der Waals surface area contributed by atoms with Crippen molar-refractivity contribution in [2.75, 3.05) is 5.43 Å². The molecule has 0 fully saturated rings. The minimum absolute atomic E-state index is 0.0934. The topological polar surface area (TPSA) is 70.9 Å². The molecule has 2 aromatic rings. The molecule has 0 amide bonds. The molecule has 0 saturated carbocycles. The van der Waals surface area contributed by atoms with Crippen LogP contribution in [0.2, 0.25) is 0 Å². The summed E-state index contributed by atoms with van der Waals surface area (Å²) in [5.74, 6) is 5.27. The molecule has 0 aliphatic heterocycles. The summed E-state index contributed by atoms with van der Waals surface area (Å²) < 4.78 is 0. The van der Waals surface area contributed by atoms with Crippen molar-refractivity contribution in [1.82, 2.24) is 4.98 Å². The number of pyridine rings is 1. The van der Waals surface area contributed by atoms with Crippen LogP contribution in [0.25, 0.3) is 10.9 Å². The van der Waals surface area contributed by atoms with Crippen LogP contribution in [0.1, 0.15) is 5.56 Å². The molecule has 4 N–H and O–H groups in total. The summed E-state index contributed by atoms with van der Waals surface area (Å²) >= 11 is 0. The van der Waals surface area contributed by atoms with Crippen molar-refractivity contribution in [3.8, 4) is 0 Å². The van der Waals surface area contributed by atoms with Gasteiger partial charge in [0, 0.05) is 11.5 Å². The first-order valence-corrected chi connectivity index (χ1v) is 4.31. The Balaban J connectivity index is 2.82. The molecular formula is C10H11N3O. The Morgan fingerprint density at radius 2 is 2.14 bits per heavy atom. The zero-order valence-electron chi connectivity index (χ0n) is 7.79. The lowest BCUT2D eigenvalue weighted by molar-refractivity contribution is 1.27. The molecule has 14 heavy (non-hydrogen) atoms. The second-order valence-corrected chi connectivity index (χ2v) is 3.22. The minimum Gasteiger partial charge on any atom is -0.324 e. The van der Waals surface area contributed by atoms with Crippen LogP contribution in [-0.2, 0) is 0 Å². The van der Waals surface area contributed by atoms with Gasteiger partial charge >= 0.3 is 0 Å². The third kappa shape index (κ3) is 1.36. The quantitative estimate of drug-likeness (QED) is 0.465. The molecule has 4 nitrogen and oxygen atoms in total. The highest BCUT2D eigenvalue weighted by Gasteiger charge is 1.99. The lowest BCUT2D eigenvalue weighted by atomic mass is 10.1. The molecule has 1 heterocycles. The van der Waals surface area contributed by atoms with Crippen molar-refractivity contribution < 1.29 is 0 Å². The largest absolute Gasteiger partial charge is 0.324 e. The van der Waals surface area contributed by atoms with E-state index in [0.29, 0.717) is 0 Å². The van der Waals surface area contributed by atoms with E-state index in [4.69, 9.17) is 5.84 Å². The highest BCUT2D eigenvalue weighted by molar-refractivity contribution is 5.84. The van der Waals surface area contributed by atoms with Crippen LogP contribution >= 0.6 is 0 Å². The normalized spacial score (nSPS) is 10.4. The minimum atomic E-state index is -0.0934. The van der Waals surface area contributed by atoms with E-state index >= 15 is 0 Å². The van der Waals surface area contributed by atoms with Gasteiger partial charge in [0.05, 0.1) is 11.2 Å². The van der Waals surface area contributed by atoms with Gasteiger partial charge in [-0.05, 0) is 24.6 Å². The van der Waals surface area contributed by atoms with E-state index in [1.165, 1.54) is 0 Å². The summed E-state index contributed by atoms with van der Waals surface area (Å²) in [6.45, 7) is 1.91. The summed E-state index contributed by atoms with van der Waals surface area (Å²) in [7, 11) is 0. The van der Waals surface area contributed by atoms with E-state index in [1.807, 2.05) is 25.1 Å². The second-order valence-electron chi connectivity index (χ2n) is 3.22. The number of nitrogen functional groups attached to an aromatic ring is 1. The number of aromatic amines is 1. The molecule has 0 atom stereocenters. The van der Waals surface area contributed by atoms with Gasteiger partial charge in [0.1, 0.15) is 0 Å². The predicted molar refractivity (Wildman–Crippen MR) is 57.1 cm³/mol. The number of benzene rings is 1. The first kappa shape index (κ1) is 8.77. The van der Waals surface area contributed by atoms with Crippen molar-refractivity contribution in [1.29, 1.82) is 0 Å². The molecule has 0 saturated heterocycles. The van der Waals surface area contributed by atoms with Gasteiger partial charge in [-0.1, -0.05) is 6.07 Å². The fourth-order valence-corrected chi connectivity index (χ4v) is 1.52. The van der Waals surface area contributed by atoms with Gasteiger partial charge in [-0.25, -0.2) is 0 Å². The molecular weight excluding hydrogens is 178 g/mol. The molecule has 1 aromatic carbocycles. The maximum Gasteiger partial charge on any atom is 0.248 e. The summed E-state index contributed by atoms with van der Waals surface area (Å²) in [6, 6.07) is 7.19. The van der Waals surface area contributed by atoms with E-state index in [1.54, 1.807) is 6.07 Å². The molecule has 72 valence electrons. The number of hydrazine groups is 1. The average Bonchev–Trinajstić information content (AvgIpc) is 2.16. The van der Waals surface area contributed by atoms with E-state index in [2.05, 4.69) is 10.4 Å². The number of nitrogens with one attached hydrogen (secondary N) is 2. The zero-order chi connectivity index (χ0) is 10.1. The van der Waals surface area contributed by atoms with Crippen LogP contribution in [0.5, 0.6) is 0 Å². The maximum atomic E-state index is 11.2. The Labute approximate surface area is 80.7 Å². The SMILES string of the molecule is Cc1cc(=O)[nH]c2cc(NN)ccc12. The monoisotopic (exact) mass is 189 g/mol. The van der Waals surface area contributed by atoms with Gasteiger partial charge in [-0.15, -0.1) is 0 Å². The van der Waals surface area contributed by atoms with Crippen molar-refractivity contribution in [3.05, 3.63) is 40.2 Å². The van der Waals surface area contributed by atoms with Gasteiger partial charge < -0.3 is 10.4 Å². The Bertz CT molecular complexity index is 530. The lowest BCUT2D eigenvalue weighted by Gasteiger charge is -2.04. The predicted octanol–water partition coefficient (Wildman–Crippen LogP) is 1.12. The van der Waals surface area contributed by atoms with Crippen LogP contribution < -0.4 is 16.8 Å². The number of H-pyrrole nitrogens is 1. The second kappa shape index (κ2) is 3.16. The van der Waals surface area contributed by atoms with Crippen molar-refractivity contribution in [2.24, 2.45) is 5.84 Å². The Hall–Kier alpha value is -1.81. The highest BCUT2D eigenvalue weighted by Crippen LogP contribution is 2.17. The number of fused-ring (bicyclic) bond motifs is 1.